The van der Waals surface area contributed by atoms with Gasteiger partial charge in [-0.25, -0.2) is 8.42 Å². The fourth-order valence-corrected chi connectivity index (χ4v) is 4.20. The monoisotopic (exact) mass is 360 g/mol. The number of carbonyl (C=O) groups is 1. The van der Waals surface area contributed by atoms with Gasteiger partial charge in [-0.1, -0.05) is 18.0 Å². The number of halogens is 1. The summed E-state index contributed by atoms with van der Waals surface area (Å²) < 4.78 is 31.7. The van der Waals surface area contributed by atoms with Crippen molar-refractivity contribution >= 4 is 27.5 Å². The molecule has 0 atom stereocenters. The Kier molecular flexibility index (Phi) is 6.41. The van der Waals surface area contributed by atoms with E-state index in [-0.39, 0.29) is 15.5 Å². The molecule has 8 heteroatoms. The van der Waals surface area contributed by atoms with Crippen molar-refractivity contribution in [2.45, 2.75) is 24.2 Å². The van der Waals surface area contributed by atoms with Gasteiger partial charge < -0.3 is 10.1 Å². The molecule has 128 valence electrons. The summed E-state index contributed by atoms with van der Waals surface area (Å²) in [4.78, 5) is 12.2. The SMILES string of the molecule is COCCNC(=O)c1cc(S(=O)(=O)N2CCCCC2)ccc1Cl. The zero-order valence-electron chi connectivity index (χ0n) is 13.0. The van der Waals surface area contributed by atoms with Crippen molar-refractivity contribution in [1.29, 1.82) is 0 Å². The first-order valence-corrected chi connectivity index (χ1v) is 9.35. The highest BCUT2D eigenvalue weighted by molar-refractivity contribution is 7.89. The number of nitrogens with one attached hydrogen (secondary N) is 1. The highest BCUT2D eigenvalue weighted by Crippen LogP contribution is 2.25. The highest BCUT2D eigenvalue weighted by Gasteiger charge is 2.27. The van der Waals surface area contributed by atoms with Crippen molar-refractivity contribution in [3.8, 4) is 0 Å². The number of methoxy groups -OCH3 is 1. The Morgan fingerprint density at radius 1 is 1.30 bits per heavy atom. The van der Waals surface area contributed by atoms with Crippen LogP contribution in [0, 0.1) is 0 Å². The molecule has 0 saturated carbocycles. The molecule has 1 saturated heterocycles. The van der Waals surface area contributed by atoms with Crippen LogP contribution in [0.1, 0.15) is 29.6 Å². The summed E-state index contributed by atoms with van der Waals surface area (Å²) in [5.74, 6) is -0.414. The number of benzene rings is 1. The minimum atomic E-state index is -3.59. The van der Waals surface area contributed by atoms with Gasteiger partial charge in [-0.2, -0.15) is 4.31 Å². The van der Waals surface area contributed by atoms with E-state index in [1.165, 1.54) is 29.6 Å². The van der Waals surface area contributed by atoms with Crippen LogP contribution in [0.5, 0.6) is 0 Å². The first-order valence-electron chi connectivity index (χ1n) is 7.53. The fraction of sp³-hybridized carbons (Fsp3) is 0.533. The van der Waals surface area contributed by atoms with E-state index in [9.17, 15) is 13.2 Å². The van der Waals surface area contributed by atoms with Gasteiger partial charge in [0.15, 0.2) is 0 Å². The smallest absolute Gasteiger partial charge is 0.252 e. The molecule has 0 aromatic heterocycles. The van der Waals surface area contributed by atoms with E-state index in [1.807, 2.05) is 0 Å². The molecule has 1 amide bonds. The third-order valence-corrected chi connectivity index (χ3v) is 5.95. The maximum absolute atomic E-state index is 12.7. The summed E-state index contributed by atoms with van der Waals surface area (Å²) in [7, 11) is -2.06. The molecular weight excluding hydrogens is 340 g/mol. The quantitative estimate of drug-likeness (QED) is 0.786. The van der Waals surface area contributed by atoms with E-state index in [0.29, 0.717) is 26.2 Å². The summed E-state index contributed by atoms with van der Waals surface area (Å²) >= 11 is 6.04. The second kappa shape index (κ2) is 8.10. The zero-order chi connectivity index (χ0) is 16.9. The molecule has 1 aliphatic heterocycles. The van der Waals surface area contributed by atoms with Crippen LogP contribution in [0.15, 0.2) is 23.1 Å². The third kappa shape index (κ3) is 4.44. The van der Waals surface area contributed by atoms with Gasteiger partial charge in [0.2, 0.25) is 10.0 Å². The lowest BCUT2D eigenvalue weighted by atomic mass is 10.2. The molecule has 0 spiro atoms. The molecule has 23 heavy (non-hydrogen) atoms. The van der Waals surface area contributed by atoms with E-state index < -0.39 is 15.9 Å². The highest BCUT2D eigenvalue weighted by atomic mass is 35.5. The minimum absolute atomic E-state index is 0.0979. The lowest BCUT2D eigenvalue weighted by molar-refractivity contribution is 0.0937. The molecule has 1 aromatic carbocycles. The average Bonchev–Trinajstić information content (AvgIpc) is 2.56. The van der Waals surface area contributed by atoms with Crippen LogP contribution in [-0.4, -0.2) is 52.0 Å². The summed E-state index contributed by atoms with van der Waals surface area (Å²) in [6.45, 7) is 1.73. The Hall–Kier alpha value is -1.15. The first kappa shape index (κ1) is 18.2. The lowest BCUT2D eigenvalue weighted by Crippen LogP contribution is -2.35. The molecular formula is C15H21ClN2O4S. The van der Waals surface area contributed by atoms with Crippen LogP contribution in [0.25, 0.3) is 0 Å². The molecule has 0 unspecified atom stereocenters. The molecule has 1 fully saturated rings. The second-order valence-corrected chi connectivity index (χ2v) is 7.70. The van der Waals surface area contributed by atoms with Crippen molar-refractivity contribution < 1.29 is 17.9 Å². The van der Waals surface area contributed by atoms with Gasteiger partial charge in [0.1, 0.15) is 0 Å². The van der Waals surface area contributed by atoms with Crippen LogP contribution >= 0.6 is 11.6 Å². The Labute approximate surface area is 141 Å². The topological polar surface area (TPSA) is 75.7 Å². The molecule has 1 aliphatic rings. The van der Waals surface area contributed by atoms with Gasteiger partial charge in [-0.15, -0.1) is 0 Å². The van der Waals surface area contributed by atoms with E-state index in [0.717, 1.165) is 19.3 Å². The van der Waals surface area contributed by atoms with E-state index >= 15 is 0 Å². The maximum atomic E-state index is 12.7. The lowest BCUT2D eigenvalue weighted by Gasteiger charge is -2.26. The molecule has 1 N–H and O–H groups in total. The number of carbonyl (C=O) groups excluding carboxylic acids is 1. The van der Waals surface area contributed by atoms with Crippen molar-refractivity contribution in [2.75, 3.05) is 33.4 Å². The molecule has 0 radical (unpaired) electrons. The van der Waals surface area contributed by atoms with E-state index in [1.54, 1.807) is 0 Å². The van der Waals surface area contributed by atoms with Gasteiger partial charge >= 0.3 is 0 Å². The number of rotatable bonds is 6. The molecule has 1 aromatic rings. The number of piperidine rings is 1. The number of hydrogen-bond acceptors (Lipinski definition) is 4. The summed E-state index contributed by atoms with van der Waals surface area (Å²) in [6, 6.07) is 4.23. The van der Waals surface area contributed by atoms with Gasteiger partial charge in [0.25, 0.3) is 5.91 Å². The van der Waals surface area contributed by atoms with Crippen LogP contribution in [0.2, 0.25) is 5.02 Å². The van der Waals surface area contributed by atoms with Crippen LogP contribution < -0.4 is 5.32 Å². The predicted molar refractivity (Wildman–Crippen MR) is 88.3 cm³/mol. The fourth-order valence-electron chi connectivity index (χ4n) is 2.46. The minimum Gasteiger partial charge on any atom is -0.383 e. The van der Waals surface area contributed by atoms with Crippen LogP contribution in [0.3, 0.4) is 0 Å². The normalized spacial score (nSPS) is 16.3. The Balaban J connectivity index is 2.23. The number of sulfonamides is 1. The Morgan fingerprint density at radius 2 is 2.00 bits per heavy atom. The van der Waals surface area contributed by atoms with Crippen molar-refractivity contribution in [2.24, 2.45) is 0 Å². The van der Waals surface area contributed by atoms with E-state index in [4.69, 9.17) is 16.3 Å². The van der Waals surface area contributed by atoms with E-state index in [2.05, 4.69) is 5.32 Å². The van der Waals surface area contributed by atoms with Crippen LogP contribution in [0.4, 0.5) is 0 Å². The van der Waals surface area contributed by atoms with Gasteiger partial charge in [0.05, 0.1) is 22.1 Å². The third-order valence-electron chi connectivity index (χ3n) is 3.73. The van der Waals surface area contributed by atoms with Gasteiger partial charge in [-0.3, -0.25) is 4.79 Å². The number of amides is 1. The summed E-state index contributed by atoms with van der Waals surface area (Å²) in [5, 5.41) is 2.86. The molecule has 1 heterocycles. The Morgan fingerprint density at radius 3 is 2.65 bits per heavy atom. The molecule has 2 rings (SSSR count). The number of hydrogen-bond donors (Lipinski definition) is 1. The van der Waals surface area contributed by atoms with Gasteiger partial charge in [0, 0.05) is 26.7 Å². The van der Waals surface area contributed by atoms with Crippen molar-refractivity contribution in [1.82, 2.24) is 9.62 Å². The average molecular weight is 361 g/mol. The maximum Gasteiger partial charge on any atom is 0.252 e. The summed E-state index contributed by atoms with van der Waals surface area (Å²) in [5.41, 5.74) is 0.154. The standard InChI is InChI=1S/C15H21ClN2O4S/c1-22-10-7-17-15(19)13-11-12(5-6-14(13)16)23(20,21)18-8-3-2-4-9-18/h5-6,11H,2-4,7-10H2,1H3,(H,17,19). The van der Waals surface area contributed by atoms with Crippen molar-refractivity contribution in [3.63, 3.8) is 0 Å². The Bertz CT molecular complexity index is 657. The molecule has 0 aliphatic carbocycles. The number of nitrogens with zero attached hydrogens (tertiary/aromatic N) is 1. The predicted octanol–water partition coefficient (Wildman–Crippen LogP) is 1.89. The van der Waals surface area contributed by atoms with Crippen molar-refractivity contribution in [3.05, 3.63) is 28.8 Å². The number of ether oxygens (including phenoxy) is 1. The first-order chi connectivity index (χ1) is 11.0. The largest absolute Gasteiger partial charge is 0.383 e. The molecule has 0 bridgehead atoms. The molecule has 6 nitrogen and oxygen atoms in total. The second-order valence-electron chi connectivity index (χ2n) is 5.36. The zero-order valence-corrected chi connectivity index (χ0v) is 14.6. The van der Waals surface area contributed by atoms with Gasteiger partial charge in [-0.05, 0) is 31.0 Å². The summed E-state index contributed by atoms with van der Waals surface area (Å²) in [6.07, 6.45) is 2.76. The van der Waals surface area contributed by atoms with Crippen LogP contribution in [-0.2, 0) is 14.8 Å².